The summed E-state index contributed by atoms with van der Waals surface area (Å²) in [6, 6.07) is 0.102. The molecule has 1 aliphatic heterocycles. The number of hydrogen-bond donors (Lipinski definition) is 2. The molecule has 5 heteroatoms. The first-order valence-corrected chi connectivity index (χ1v) is 6.77. The van der Waals surface area contributed by atoms with Crippen LogP contribution in [0.15, 0.2) is 0 Å². The van der Waals surface area contributed by atoms with Gasteiger partial charge in [0.15, 0.2) is 0 Å². The molecule has 0 radical (unpaired) electrons. The van der Waals surface area contributed by atoms with Crippen LogP contribution in [0, 0.1) is 11.3 Å². The van der Waals surface area contributed by atoms with Crippen molar-refractivity contribution in [2.75, 3.05) is 13.1 Å². The Morgan fingerprint density at radius 1 is 1.50 bits per heavy atom. The molecule has 0 aromatic carbocycles. The number of carboxylic acid groups (broad SMARTS) is 1. The summed E-state index contributed by atoms with van der Waals surface area (Å²) in [6.45, 7) is 4.78. The molecule has 2 amide bonds. The van der Waals surface area contributed by atoms with E-state index in [1.165, 1.54) is 12.8 Å². The van der Waals surface area contributed by atoms with E-state index in [1.54, 1.807) is 4.90 Å². The maximum Gasteiger partial charge on any atom is 0.317 e. The number of urea groups is 1. The molecule has 0 aromatic rings. The van der Waals surface area contributed by atoms with Crippen LogP contribution >= 0.6 is 0 Å². The van der Waals surface area contributed by atoms with Crippen molar-refractivity contribution in [1.82, 2.24) is 10.2 Å². The second kappa shape index (κ2) is 4.78. The van der Waals surface area contributed by atoms with Crippen molar-refractivity contribution in [1.29, 1.82) is 0 Å². The van der Waals surface area contributed by atoms with E-state index >= 15 is 0 Å². The molecule has 2 unspecified atom stereocenters. The Bertz CT molecular complexity index is 354. The van der Waals surface area contributed by atoms with Crippen molar-refractivity contribution in [2.24, 2.45) is 11.3 Å². The van der Waals surface area contributed by atoms with Crippen LogP contribution < -0.4 is 5.32 Å². The smallest absolute Gasteiger partial charge is 0.317 e. The zero-order valence-electron chi connectivity index (χ0n) is 11.1. The first-order chi connectivity index (χ1) is 8.48. The molecule has 2 fully saturated rings. The van der Waals surface area contributed by atoms with Gasteiger partial charge in [-0.1, -0.05) is 6.92 Å². The first-order valence-electron chi connectivity index (χ1n) is 6.77. The Balaban J connectivity index is 1.91. The number of carbonyl (C=O) groups excluding carboxylic acids is 1. The number of likely N-dealkylation sites (tertiary alicyclic amines) is 1. The molecule has 102 valence electrons. The molecule has 2 N–H and O–H groups in total. The van der Waals surface area contributed by atoms with Gasteiger partial charge in [0.2, 0.25) is 0 Å². The number of nitrogens with zero attached hydrogens (tertiary/aromatic N) is 1. The number of hydrogen-bond acceptors (Lipinski definition) is 2. The summed E-state index contributed by atoms with van der Waals surface area (Å²) in [5, 5.41) is 12.3. The van der Waals surface area contributed by atoms with Crippen molar-refractivity contribution in [2.45, 2.75) is 45.6 Å². The highest BCUT2D eigenvalue weighted by molar-refractivity contribution is 5.79. The topological polar surface area (TPSA) is 69.6 Å². The van der Waals surface area contributed by atoms with Crippen molar-refractivity contribution in [3.63, 3.8) is 0 Å². The Morgan fingerprint density at radius 3 is 2.61 bits per heavy atom. The molecule has 1 saturated heterocycles. The van der Waals surface area contributed by atoms with Gasteiger partial charge in [-0.3, -0.25) is 4.79 Å². The fourth-order valence-electron chi connectivity index (χ4n) is 2.66. The van der Waals surface area contributed by atoms with Crippen LogP contribution in [0.4, 0.5) is 4.79 Å². The third-order valence-electron chi connectivity index (χ3n) is 4.45. The van der Waals surface area contributed by atoms with Gasteiger partial charge in [-0.2, -0.15) is 0 Å². The molecule has 0 bridgehead atoms. The first kappa shape index (κ1) is 13.2. The number of carboxylic acids is 1. The summed E-state index contributed by atoms with van der Waals surface area (Å²) in [5.74, 6) is -0.164. The Hall–Kier alpha value is -1.26. The van der Waals surface area contributed by atoms with Gasteiger partial charge in [-0.15, -0.1) is 0 Å². The molecule has 0 spiro atoms. The maximum atomic E-state index is 12.0. The van der Waals surface area contributed by atoms with Crippen LogP contribution in [0.5, 0.6) is 0 Å². The molecule has 2 rings (SSSR count). The second-order valence-electron chi connectivity index (χ2n) is 5.69. The lowest BCUT2D eigenvalue weighted by Gasteiger charge is -2.24. The lowest BCUT2D eigenvalue weighted by molar-refractivity contribution is -0.148. The third-order valence-corrected chi connectivity index (χ3v) is 4.45. The van der Waals surface area contributed by atoms with Crippen LogP contribution in [0.2, 0.25) is 0 Å². The van der Waals surface area contributed by atoms with Crippen molar-refractivity contribution < 1.29 is 14.7 Å². The Labute approximate surface area is 108 Å². The van der Waals surface area contributed by atoms with Gasteiger partial charge in [0.05, 0.1) is 5.41 Å². The van der Waals surface area contributed by atoms with Gasteiger partial charge in [0.1, 0.15) is 0 Å². The highest BCUT2D eigenvalue weighted by atomic mass is 16.4. The molecule has 5 nitrogen and oxygen atoms in total. The number of carbonyl (C=O) groups is 2. The van der Waals surface area contributed by atoms with Crippen molar-refractivity contribution in [3.8, 4) is 0 Å². The van der Waals surface area contributed by atoms with E-state index in [4.69, 9.17) is 0 Å². The highest BCUT2D eigenvalue weighted by Gasteiger charge is 2.45. The van der Waals surface area contributed by atoms with Crippen LogP contribution in [0.1, 0.15) is 39.5 Å². The van der Waals surface area contributed by atoms with Crippen molar-refractivity contribution >= 4 is 12.0 Å². The van der Waals surface area contributed by atoms with E-state index in [-0.39, 0.29) is 12.1 Å². The molecule has 1 aliphatic carbocycles. The van der Waals surface area contributed by atoms with E-state index in [0.717, 1.165) is 0 Å². The minimum Gasteiger partial charge on any atom is -0.481 e. The van der Waals surface area contributed by atoms with Gasteiger partial charge < -0.3 is 15.3 Å². The molecule has 2 atom stereocenters. The fourth-order valence-corrected chi connectivity index (χ4v) is 2.66. The summed E-state index contributed by atoms with van der Waals surface area (Å²) in [6.07, 6.45) is 3.51. The Morgan fingerprint density at radius 2 is 2.17 bits per heavy atom. The molecule has 1 heterocycles. The molecular formula is C13H22N2O3. The predicted molar refractivity (Wildman–Crippen MR) is 67.3 cm³/mol. The number of nitrogens with one attached hydrogen (secondary N) is 1. The average molecular weight is 254 g/mol. The Kier molecular flexibility index (Phi) is 3.50. The van der Waals surface area contributed by atoms with Gasteiger partial charge in [-0.05, 0) is 38.5 Å². The number of amides is 2. The van der Waals surface area contributed by atoms with Crippen LogP contribution in [0.25, 0.3) is 0 Å². The van der Waals surface area contributed by atoms with E-state index < -0.39 is 11.4 Å². The quantitative estimate of drug-likeness (QED) is 0.802. The van der Waals surface area contributed by atoms with Gasteiger partial charge in [0, 0.05) is 19.1 Å². The molecule has 2 aliphatic rings. The second-order valence-corrected chi connectivity index (χ2v) is 5.69. The molecule has 1 saturated carbocycles. The van der Waals surface area contributed by atoms with Gasteiger partial charge in [0.25, 0.3) is 0 Å². The largest absolute Gasteiger partial charge is 0.481 e. The van der Waals surface area contributed by atoms with Crippen molar-refractivity contribution in [3.05, 3.63) is 0 Å². The summed E-state index contributed by atoms with van der Waals surface area (Å²) in [7, 11) is 0. The SMILES string of the molecule is CCC1(C(=O)O)CCN(C(=O)NC(C)C2CC2)C1. The van der Waals surface area contributed by atoms with Crippen LogP contribution in [0.3, 0.4) is 0 Å². The van der Waals surface area contributed by atoms with E-state index in [1.807, 2.05) is 13.8 Å². The summed E-state index contributed by atoms with van der Waals surface area (Å²) >= 11 is 0. The summed E-state index contributed by atoms with van der Waals surface area (Å²) in [5.41, 5.74) is -0.736. The summed E-state index contributed by atoms with van der Waals surface area (Å²) < 4.78 is 0. The fraction of sp³-hybridized carbons (Fsp3) is 0.846. The van der Waals surface area contributed by atoms with Gasteiger partial charge in [-0.25, -0.2) is 4.79 Å². The summed E-state index contributed by atoms with van der Waals surface area (Å²) in [4.78, 5) is 25.0. The molecule has 0 aromatic heterocycles. The van der Waals surface area contributed by atoms with E-state index in [2.05, 4.69) is 5.32 Å². The molecular weight excluding hydrogens is 232 g/mol. The molecule has 18 heavy (non-hydrogen) atoms. The standard InChI is InChI=1S/C13H22N2O3/c1-3-13(11(16)17)6-7-15(8-13)12(18)14-9(2)10-4-5-10/h9-10H,3-8H2,1-2H3,(H,14,18)(H,16,17). The average Bonchev–Trinajstić information content (AvgIpc) is 3.08. The lowest BCUT2D eigenvalue weighted by atomic mass is 9.84. The lowest BCUT2D eigenvalue weighted by Crippen LogP contribution is -2.45. The number of rotatable bonds is 4. The normalized spacial score (nSPS) is 29.1. The van der Waals surface area contributed by atoms with E-state index in [9.17, 15) is 14.7 Å². The predicted octanol–water partition coefficient (Wildman–Crippen LogP) is 1.68. The minimum atomic E-state index is -0.782. The third kappa shape index (κ3) is 2.44. The minimum absolute atomic E-state index is 0.106. The zero-order chi connectivity index (χ0) is 13.3. The highest BCUT2D eigenvalue weighted by Crippen LogP contribution is 2.35. The van der Waals surface area contributed by atoms with Gasteiger partial charge >= 0.3 is 12.0 Å². The maximum absolute atomic E-state index is 12.0. The zero-order valence-corrected chi connectivity index (χ0v) is 11.1. The van der Waals surface area contributed by atoms with E-state index in [0.29, 0.717) is 31.8 Å². The monoisotopic (exact) mass is 254 g/mol. The van der Waals surface area contributed by atoms with Crippen LogP contribution in [-0.4, -0.2) is 41.1 Å². The number of aliphatic carboxylic acids is 1. The van der Waals surface area contributed by atoms with Crippen LogP contribution in [-0.2, 0) is 4.79 Å².